The fourth-order valence-corrected chi connectivity index (χ4v) is 3.82. The van der Waals surface area contributed by atoms with Crippen molar-refractivity contribution in [3.63, 3.8) is 0 Å². The van der Waals surface area contributed by atoms with E-state index in [4.69, 9.17) is 18.9 Å². The van der Waals surface area contributed by atoms with Crippen molar-refractivity contribution in [1.82, 2.24) is 15.5 Å². The van der Waals surface area contributed by atoms with Gasteiger partial charge in [-0.05, 0) is 74.4 Å². The molecular weight excluding hydrogens is 554 g/mol. The van der Waals surface area contributed by atoms with Crippen LogP contribution in [0.5, 0.6) is 0 Å². The van der Waals surface area contributed by atoms with E-state index in [2.05, 4.69) is 10.6 Å². The Morgan fingerprint density at radius 3 is 1.67 bits per heavy atom. The van der Waals surface area contributed by atoms with Gasteiger partial charge in [0.1, 0.15) is 23.4 Å². The molecule has 244 valence electrons. The molecule has 0 fully saturated rings. The van der Waals surface area contributed by atoms with Crippen molar-refractivity contribution >= 4 is 24.0 Å². The summed E-state index contributed by atoms with van der Waals surface area (Å²) in [5.74, 6) is -2.56. The van der Waals surface area contributed by atoms with Crippen LogP contribution in [0.4, 0.5) is 4.79 Å². The van der Waals surface area contributed by atoms with Crippen LogP contribution in [-0.4, -0.2) is 85.0 Å². The maximum absolute atomic E-state index is 13.7. The Kier molecular flexibility index (Phi) is 14.6. The van der Waals surface area contributed by atoms with Crippen LogP contribution in [0.25, 0.3) is 0 Å². The molecule has 1 aromatic carbocycles. The summed E-state index contributed by atoms with van der Waals surface area (Å²) in [6.45, 7) is 19.0. The van der Waals surface area contributed by atoms with Crippen LogP contribution in [0.15, 0.2) is 30.3 Å². The van der Waals surface area contributed by atoms with Crippen molar-refractivity contribution in [1.29, 1.82) is 0 Å². The molecule has 0 saturated carbocycles. The molecule has 2 N–H and O–H groups in total. The van der Waals surface area contributed by atoms with Gasteiger partial charge >= 0.3 is 24.0 Å². The number of hydrogen-bond acceptors (Lipinski definition) is 10. The van der Waals surface area contributed by atoms with Crippen LogP contribution < -0.4 is 10.6 Å². The second kappa shape index (κ2) is 16.6. The van der Waals surface area contributed by atoms with E-state index in [0.717, 1.165) is 12.1 Å². The average molecular weight is 608 g/mol. The fourth-order valence-electron chi connectivity index (χ4n) is 3.82. The van der Waals surface area contributed by atoms with Crippen LogP contribution >= 0.6 is 0 Å². The number of benzene rings is 1. The predicted octanol–water partition coefficient (Wildman–Crippen LogP) is 4.23. The third-order valence-electron chi connectivity index (χ3n) is 5.70. The third kappa shape index (κ3) is 15.2. The normalized spacial score (nSPS) is 12.3. The van der Waals surface area contributed by atoms with E-state index in [1.54, 1.807) is 62.3 Å². The molecular formula is C32H53N3O8. The second-order valence-electron chi connectivity index (χ2n) is 13.4. The number of amides is 1. The number of nitrogens with zero attached hydrogens (tertiary/aromatic N) is 1. The van der Waals surface area contributed by atoms with Crippen molar-refractivity contribution < 1.29 is 38.1 Å². The topological polar surface area (TPSA) is 132 Å². The molecule has 0 atom stereocenters. The molecule has 0 spiro atoms. The lowest BCUT2D eigenvalue weighted by Crippen LogP contribution is -2.54. The minimum atomic E-state index is -2.04. The number of carbonyl (C=O) groups is 4. The van der Waals surface area contributed by atoms with Gasteiger partial charge in [0.15, 0.2) is 5.41 Å². The van der Waals surface area contributed by atoms with E-state index in [1.165, 1.54) is 4.90 Å². The minimum Gasteiger partial charge on any atom is -0.460 e. The van der Waals surface area contributed by atoms with E-state index in [1.807, 2.05) is 37.3 Å². The SMILES string of the molecule is CCNCCN(CCNCC(CC(=O)OC(C)(C)C)(C(=O)OC(C)(C)C)C(=O)OC(C)(C)C)C(=O)OCc1ccccc1. The Morgan fingerprint density at radius 2 is 1.21 bits per heavy atom. The molecule has 0 saturated heterocycles. The molecule has 0 aliphatic carbocycles. The second-order valence-corrected chi connectivity index (χ2v) is 13.4. The molecule has 0 aliphatic rings. The molecule has 11 nitrogen and oxygen atoms in total. The summed E-state index contributed by atoms with van der Waals surface area (Å²) in [6.07, 6.45) is -1.09. The molecule has 1 amide bonds. The van der Waals surface area contributed by atoms with Gasteiger partial charge in [-0.15, -0.1) is 0 Å². The number of likely N-dealkylation sites (N-methyl/N-ethyl adjacent to an activating group) is 1. The molecule has 1 aromatic rings. The molecule has 11 heteroatoms. The predicted molar refractivity (Wildman–Crippen MR) is 164 cm³/mol. The maximum atomic E-state index is 13.7. The smallest absolute Gasteiger partial charge is 0.410 e. The zero-order valence-electron chi connectivity index (χ0n) is 27.8. The lowest BCUT2D eigenvalue weighted by Gasteiger charge is -2.35. The van der Waals surface area contributed by atoms with Gasteiger partial charge in [-0.2, -0.15) is 0 Å². The lowest BCUT2D eigenvalue weighted by atomic mass is 9.83. The summed E-state index contributed by atoms with van der Waals surface area (Å²) < 4.78 is 22.3. The molecule has 0 unspecified atom stereocenters. The zero-order valence-corrected chi connectivity index (χ0v) is 27.8. The summed E-state index contributed by atoms with van der Waals surface area (Å²) in [7, 11) is 0. The van der Waals surface area contributed by atoms with Gasteiger partial charge in [0.25, 0.3) is 0 Å². The van der Waals surface area contributed by atoms with Crippen LogP contribution in [-0.2, 0) is 39.9 Å². The van der Waals surface area contributed by atoms with Crippen molar-refractivity contribution in [3.8, 4) is 0 Å². The van der Waals surface area contributed by atoms with Gasteiger partial charge in [0.05, 0.1) is 6.42 Å². The summed E-state index contributed by atoms with van der Waals surface area (Å²) in [5, 5.41) is 6.29. The first-order valence-corrected chi connectivity index (χ1v) is 14.8. The van der Waals surface area contributed by atoms with E-state index < -0.39 is 52.6 Å². The molecule has 0 aromatic heterocycles. The quantitative estimate of drug-likeness (QED) is 0.129. The number of carbonyl (C=O) groups excluding carboxylic acids is 4. The molecule has 43 heavy (non-hydrogen) atoms. The Morgan fingerprint density at radius 1 is 0.721 bits per heavy atom. The molecule has 0 radical (unpaired) electrons. The van der Waals surface area contributed by atoms with Crippen molar-refractivity contribution in [2.75, 3.05) is 39.3 Å². The van der Waals surface area contributed by atoms with Gasteiger partial charge in [0, 0.05) is 32.7 Å². The number of nitrogens with one attached hydrogen (secondary N) is 2. The molecule has 0 heterocycles. The Bertz CT molecular complexity index is 1010. The summed E-state index contributed by atoms with van der Waals surface area (Å²) in [4.78, 5) is 54.9. The third-order valence-corrected chi connectivity index (χ3v) is 5.70. The number of hydrogen-bond donors (Lipinski definition) is 2. The Labute approximate surface area is 257 Å². The first kappa shape index (κ1) is 37.8. The first-order chi connectivity index (χ1) is 19.8. The summed E-state index contributed by atoms with van der Waals surface area (Å²) in [5.41, 5.74) is -3.90. The van der Waals surface area contributed by atoms with Crippen molar-refractivity contribution in [3.05, 3.63) is 35.9 Å². The van der Waals surface area contributed by atoms with Crippen molar-refractivity contribution in [2.24, 2.45) is 5.41 Å². The average Bonchev–Trinajstić information content (AvgIpc) is 2.85. The van der Waals surface area contributed by atoms with Crippen LogP contribution in [0.2, 0.25) is 0 Å². The van der Waals surface area contributed by atoms with E-state index in [0.29, 0.717) is 13.1 Å². The number of esters is 3. The minimum absolute atomic E-state index is 0.126. The molecule has 1 rings (SSSR count). The molecule has 0 bridgehead atoms. The zero-order chi connectivity index (χ0) is 32.9. The highest BCUT2D eigenvalue weighted by molar-refractivity contribution is 6.03. The first-order valence-electron chi connectivity index (χ1n) is 14.8. The van der Waals surface area contributed by atoms with Gasteiger partial charge in [-0.1, -0.05) is 37.3 Å². The number of rotatable bonds is 15. The fraction of sp³-hybridized carbons (Fsp3) is 0.688. The van der Waals surface area contributed by atoms with E-state index in [9.17, 15) is 19.2 Å². The highest BCUT2D eigenvalue weighted by Crippen LogP contribution is 2.31. The van der Waals surface area contributed by atoms with E-state index >= 15 is 0 Å². The van der Waals surface area contributed by atoms with Gasteiger partial charge in [0.2, 0.25) is 0 Å². The highest BCUT2D eigenvalue weighted by atomic mass is 16.6. The summed E-state index contributed by atoms with van der Waals surface area (Å²) in [6, 6.07) is 9.37. The highest BCUT2D eigenvalue weighted by Gasteiger charge is 2.53. The largest absolute Gasteiger partial charge is 0.460 e. The van der Waals surface area contributed by atoms with Gasteiger partial charge < -0.3 is 34.5 Å². The van der Waals surface area contributed by atoms with Crippen molar-refractivity contribution in [2.45, 2.75) is 99.1 Å². The van der Waals surface area contributed by atoms with E-state index in [-0.39, 0.29) is 26.2 Å². The summed E-state index contributed by atoms with van der Waals surface area (Å²) >= 11 is 0. The van der Waals surface area contributed by atoms with Crippen LogP contribution in [0.1, 0.15) is 81.2 Å². The maximum Gasteiger partial charge on any atom is 0.410 e. The van der Waals surface area contributed by atoms with Crippen LogP contribution in [0, 0.1) is 5.41 Å². The number of ether oxygens (including phenoxy) is 4. The van der Waals surface area contributed by atoms with Gasteiger partial charge in [-0.3, -0.25) is 14.4 Å². The Balaban J connectivity index is 3.19. The van der Waals surface area contributed by atoms with Gasteiger partial charge in [-0.25, -0.2) is 4.79 Å². The molecule has 0 aliphatic heterocycles. The van der Waals surface area contributed by atoms with Crippen LogP contribution in [0.3, 0.4) is 0 Å². The lowest BCUT2D eigenvalue weighted by molar-refractivity contribution is -0.190. The standard InChI is InChI=1S/C32H53N3O8/c1-11-33-17-19-35(28(39)40-22-24-15-13-12-14-16-24)20-18-34-23-32(26(37)42-30(5,6)7,27(38)43-31(8,9)10)21-25(36)41-29(2,3)4/h12-16,33-34H,11,17-23H2,1-10H3. The monoisotopic (exact) mass is 607 g/mol. The Hall–Kier alpha value is -3.18.